The normalized spacial score (nSPS) is 16.7. The lowest BCUT2D eigenvalue weighted by atomic mass is 9.98. The Labute approximate surface area is 124 Å². The Balaban J connectivity index is 1.54. The Morgan fingerprint density at radius 2 is 2.19 bits per heavy atom. The summed E-state index contributed by atoms with van der Waals surface area (Å²) < 4.78 is 5.90. The fourth-order valence-corrected chi connectivity index (χ4v) is 2.67. The molecule has 1 aliphatic heterocycles. The molecule has 1 fully saturated rings. The van der Waals surface area contributed by atoms with E-state index in [4.69, 9.17) is 10.00 Å². The van der Waals surface area contributed by atoms with Gasteiger partial charge in [0.15, 0.2) is 0 Å². The zero-order chi connectivity index (χ0) is 14.5. The average molecular weight is 282 g/mol. The number of rotatable bonds is 4. The third-order valence-electron chi connectivity index (χ3n) is 3.97. The molecule has 0 N–H and O–H groups in total. The smallest absolute Gasteiger partial charge is 0.121 e. The van der Waals surface area contributed by atoms with E-state index in [1.54, 1.807) is 12.5 Å². The molecule has 21 heavy (non-hydrogen) atoms. The van der Waals surface area contributed by atoms with Crippen LogP contribution in [-0.2, 0) is 0 Å². The lowest BCUT2D eigenvalue weighted by molar-refractivity contribution is 0.151. The number of piperidine rings is 1. The number of benzene rings is 1. The fraction of sp³-hybridized carbons (Fsp3) is 0.438. The summed E-state index contributed by atoms with van der Waals surface area (Å²) in [5, 5.41) is 9.72. The molecule has 0 saturated carbocycles. The summed E-state index contributed by atoms with van der Waals surface area (Å²) in [6.07, 6.45) is 5.54. The van der Waals surface area contributed by atoms with E-state index in [2.05, 4.69) is 20.9 Å². The Morgan fingerprint density at radius 1 is 1.33 bits per heavy atom. The molecule has 1 aromatic carbocycles. The Bertz CT molecular complexity index is 644. The van der Waals surface area contributed by atoms with E-state index in [1.807, 2.05) is 18.2 Å². The molecule has 5 heteroatoms. The number of hydrogen-bond donors (Lipinski definition) is 0. The number of nitriles is 1. The van der Waals surface area contributed by atoms with Crippen LogP contribution in [0.5, 0.6) is 5.75 Å². The highest BCUT2D eigenvalue weighted by Crippen LogP contribution is 2.21. The number of hydrogen-bond acceptors (Lipinski definition) is 5. The van der Waals surface area contributed by atoms with Crippen molar-refractivity contribution in [2.24, 2.45) is 5.92 Å². The molecule has 0 radical (unpaired) electrons. The summed E-state index contributed by atoms with van der Waals surface area (Å²) in [5.74, 6) is 1.43. The zero-order valence-corrected chi connectivity index (χ0v) is 11.9. The van der Waals surface area contributed by atoms with Gasteiger partial charge < -0.3 is 4.74 Å². The second-order valence-electron chi connectivity index (χ2n) is 5.43. The highest BCUT2D eigenvalue weighted by atomic mass is 16.5. The van der Waals surface area contributed by atoms with Crippen LogP contribution in [0, 0.1) is 17.2 Å². The van der Waals surface area contributed by atoms with E-state index in [1.165, 1.54) is 0 Å². The van der Waals surface area contributed by atoms with E-state index in [0.29, 0.717) is 12.5 Å². The molecule has 108 valence electrons. The van der Waals surface area contributed by atoms with Crippen LogP contribution in [0.4, 0.5) is 0 Å². The number of ether oxygens (including phenoxy) is 1. The summed E-state index contributed by atoms with van der Waals surface area (Å²) in [6, 6.07) is 8.12. The van der Waals surface area contributed by atoms with Crippen LogP contribution in [0.25, 0.3) is 10.9 Å². The van der Waals surface area contributed by atoms with Gasteiger partial charge in [0.2, 0.25) is 0 Å². The molecule has 0 unspecified atom stereocenters. The highest BCUT2D eigenvalue weighted by molar-refractivity contribution is 5.78. The van der Waals surface area contributed by atoms with Crippen molar-refractivity contribution in [2.45, 2.75) is 12.8 Å². The minimum atomic E-state index is 0.540. The van der Waals surface area contributed by atoms with Crippen LogP contribution >= 0.6 is 0 Å². The minimum absolute atomic E-state index is 0.540. The van der Waals surface area contributed by atoms with Crippen LogP contribution in [-0.4, -0.2) is 41.1 Å². The van der Waals surface area contributed by atoms with Crippen LogP contribution in [0.2, 0.25) is 0 Å². The van der Waals surface area contributed by atoms with E-state index < -0.39 is 0 Å². The Morgan fingerprint density at radius 3 is 3.00 bits per heavy atom. The van der Waals surface area contributed by atoms with Crippen molar-refractivity contribution in [3.63, 3.8) is 0 Å². The van der Waals surface area contributed by atoms with Gasteiger partial charge in [0, 0.05) is 17.6 Å². The monoisotopic (exact) mass is 282 g/mol. The molecule has 0 atom stereocenters. The van der Waals surface area contributed by atoms with Gasteiger partial charge in [-0.05, 0) is 44.0 Å². The third-order valence-corrected chi connectivity index (χ3v) is 3.97. The van der Waals surface area contributed by atoms with Gasteiger partial charge in [-0.25, -0.2) is 9.97 Å². The maximum Gasteiger partial charge on any atom is 0.121 e. The van der Waals surface area contributed by atoms with Gasteiger partial charge in [-0.15, -0.1) is 0 Å². The first kappa shape index (κ1) is 13.8. The van der Waals surface area contributed by atoms with Crippen LogP contribution < -0.4 is 4.74 Å². The molecule has 1 aromatic heterocycles. The molecular weight excluding hydrogens is 264 g/mol. The average Bonchev–Trinajstić information content (AvgIpc) is 2.54. The molecule has 1 saturated heterocycles. The van der Waals surface area contributed by atoms with Gasteiger partial charge in [0.05, 0.1) is 24.7 Å². The first-order valence-corrected chi connectivity index (χ1v) is 7.27. The second kappa shape index (κ2) is 6.51. The molecule has 0 amide bonds. The molecule has 5 nitrogen and oxygen atoms in total. The first-order valence-electron chi connectivity index (χ1n) is 7.27. The molecule has 3 rings (SSSR count). The number of aromatic nitrogens is 2. The van der Waals surface area contributed by atoms with E-state index in [9.17, 15) is 0 Å². The summed E-state index contributed by atoms with van der Waals surface area (Å²) in [7, 11) is 0. The first-order chi connectivity index (χ1) is 10.3. The van der Waals surface area contributed by atoms with Gasteiger partial charge >= 0.3 is 0 Å². The van der Waals surface area contributed by atoms with Gasteiger partial charge in [0.25, 0.3) is 0 Å². The van der Waals surface area contributed by atoms with Crippen molar-refractivity contribution in [2.75, 3.05) is 26.2 Å². The summed E-state index contributed by atoms with van der Waals surface area (Å²) >= 11 is 0. The predicted molar refractivity (Wildman–Crippen MR) is 79.8 cm³/mol. The van der Waals surface area contributed by atoms with Crippen LogP contribution in [0.1, 0.15) is 12.8 Å². The summed E-state index contributed by atoms with van der Waals surface area (Å²) in [4.78, 5) is 10.4. The van der Waals surface area contributed by atoms with Crippen molar-refractivity contribution in [3.8, 4) is 11.8 Å². The van der Waals surface area contributed by atoms with Gasteiger partial charge in [0.1, 0.15) is 12.1 Å². The minimum Gasteiger partial charge on any atom is -0.493 e. The molecule has 2 heterocycles. The van der Waals surface area contributed by atoms with Crippen LogP contribution in [0.3, 0.4) is 0 Å². The van der Waals surface area contributed by atoms with Crippen molar-refractivity contribution < 1.29 is 4.74 Å². The maximum atomic E-state index is 8.70. The topological polar surface area (TPSA) is 62.0 Å². The van der Waals surface area contributed by atoms with Crippen molar-refractivity contribution in [1.82, 2.24) is 14.9 Å². The fourth-order valence-electron chi connectivity index (χ4n) is 2.67. The van der Waals surface area contributed by atoms with Crippen molar-refractivity contribution in [1.29, 1.82) is 5.26 Å². The Hall–Kier alpha value is -2.19. The molecule has 0 spiro atoms. The SMILES string of the molecule is N#CCN1CCC(COc2ccc3cncnc3c2)CC1. The van der Waals surface area contributed by atoms with E-state index >= 15 is 0 Å². The number of likely N-dealkylation sites (tertiary alicyclic amines) is 1. The largest absolute Gasteiger partial charge is 0.493 e. The molecule has 0 aliphatic carbocycles. The quantitative estimate of drug-likeness (QED) is 0.805. The maximum absolute atomic E-state index is 8.70. The van der Waals surface area contributed by atoms with Gasteiger partial charge in [-0.1, -0.05) is 0 Å². The Kier molecular flexibility index (Phi) is 4.27. The lowest BCUT2D eigenvalue weighted by Crippen LogP contribution is -2.35. The summed E-state index contributed by atoms with van der Waals surface area (Å²) in [5.41, 5.74) is 0.909. The molecular formula is C16H18N4O. The number of fused-ring (bicyclic) bond motifs is 1. The molecule has 0 bridgehead atoms. The van der Waals surface area contributed by atoms with Crippen molar-refractivity contribution >= 4 is 10.9 Å². The lowest BCUT2D eigenvalue weighted by Gasteiger charge is -2.30. The predicted octanol–water partition coefficient (Wildman–Crippen LogP) is 2.24. The third kappa shape index (κ3) is 3.47. The summed E-state index contributed by atoms with van der Waals surface area (Å²) in [6.45, 7) is 3.26. The number of nitrogens with zero attached hydrogens (tertiary/aromatic N) is 4. The highest BCUT2D eigenvalue weighted by Gasteiger charge is 2.19. The van der Waals surface area contributed by atoms with Gasteiger partial charge in [-0.2, -0.15) is 5.26 Å². The van der Waals surface area contributed by atoms with Crippen LogP contribution in [0.15, 0.2) is 30.7 Å². The van der Waals surface area contributed by atoms with Gasteiger partial charge in [-0.3, -0.25) is 4.90 Å². The standard InChI is InChI=1S/C16H18N4O/c17-5-8-20-6-3-13(4-7-20)11-21-15-2-1-14-10-18-12-19-16(14)9-15/h1-2,9-10,12-13H,3-4,6-8,11H2. The molecule has 2 aromatic rings. The van der Waals surface area contributed by atoms with E-state index in [0.717, 1.165) is 49.2 Å². The van der Waals surface area contributed by atoms with Crippen molar-refractivity contribution in [3.05, 3.63) is 30.7 Å². The zero-order valence-electron chi connectivity index (χ0n) is 11.9. The van der Waals surface area contributed by atoms with E-state index in [-0.39, 0.29) is 0 Å². The second-order valence-corrected chi connectivity index (χ2v) is 5.43. The molecule has 1 aliphatic rings.